The van der Waals surface area contributed by atoms with Crippen molar-refractivity contribution in [2.45, 2.75) is 30.8 Å². The van der Waals surface area contributed by atoms with Crippen LogP contribution in [0, 0.1) is 0 Å². The summed E-state index contributed by atoms with van der Waals surface area (Å²) in [7, 11) is -3.45. The number of nitrogens with zero attached hydrogens (tertiary/aromatic N) is 1. The largest absolute Gasteiger partial charge is 0.377 e. The molecule has 1 fully saturated rings. The van der Waals surface area contributed by atoms with Gasteiger partial charge >= 0.3 is 0 Å². The van der Waals surface area contributed by atoms with Crippen LogP contribution in [0.25, 0.3) is 0 Å². The van der Waals surface area contributed by atoms with Gasteiger partial charge in [0.2, 0.25) is 10.0 Å². The van der Waals surface area contributed by atoms with Crippen LogP contribution >= 0.6 is 15.9 Å². The molecule has 0 amide bonds. The van der Waals surface area contributed by atoms with Gasteiger partial charge in [0.25, 0.3) is 0 Å². The zero-order valence-electron chi connectivity index (χ0n) is 10.9. The molecule has 0 saturated carbocycles. The van der Waals surface area contributed by atoms with Crippen LogP contribution in [0.1, 0.15) is 19.8 Å². The Labute approximate surface area is 122 Å². The Kier molecular flexibility index (Phi) is 5.00. The predicted molar refractivity (Wildman–Crippen MR) is 77.5 cm³/mol. The molecule has 1 aromatic carbocycles. The molecule has 1 atom stereocenters. The average molecular weight is 348 g/mol. The van der Waals surface area contributed by atoms with E-state index in [0.717, 1.165) is 12.8 Å². The van der Waals surface area contributed by atoms with E-state index < -0.39 is 10.0 Å². The zero-order valence-corrected chi connectivity index (χ0v) is 13.3. The van der Waals surface area contributed by atoms with Crippen LogP contribution in [0.3, 0.4) is 0 Å². The molecular weight excluding hydrogens is 330 g/mol. The van der Waals surface area contributed by atoms with Gasteiger partial charge in [-0.2, -0.15) is 4.31 Å². The lowest BCUT2D eigenvalue weighted by Crippen LogP contribution is -2.36. The van der Waals surface area contributed by atoms with E-state index in [1.165, 1.54) is 4.31 Å². The minimum absolute atomic E-state index is 0.0141. The first-order valence-corrected chi connectivity index (χ1v) is 8.65. The molecule has 0 bridgehead atoms. The Balaban J connectivity index is 2.30. The van der Waals surface area contributed by atoms with Gasteiger partial charge in [-0.3, -0.25) is 0 Å². The van der Waals surface area contributed by atoms with Gasteiger partial charge in [0, 0.05) is 24.2 Å². The molecule has 1 saturated heterocycles. The van der Waals surface area contributed by atoms with Gasteiger partial charge in [-0.15, -0.1) is 0 Å². The van der Waals surface area contributed by atoms with Crippen LogP contribution in [-0.4, -0.2) is 38.5 Å². The Morgan fingerprint density at radius 3 is 2.84 bits per heavy atom. The van der Waals surface area contributed by atoms with Crippen molar-refractivity contribution in [3.05, 3.63) is 28.7 Å². The number of hydrogen-bond donors (Lipinski definition) is 0. The molecule has 2 rings (SSSR count). The van der Waals surface area contributed by atoms with Gasteiger partial charge < -0.3 is 4.74 Å². The number of hydrogen-bond acceptors (Lipinski definition) is 3. The summed E-state index contributed by atoms with van der Waals surface area (Å²) >= 11 is 3.31. The van der Waals surface area contributed by atoms with E-state index in [9.17, 15) is 8.42 Å². The van der Waals surface area contributed by atoms with Gasteiger partial charge in [0.05, 0.1) is 11.0 Å². The normalized spacial score (nSPS) is 22.1. The number of benzene rings is 1. The van der Waals surface area contributed by atoms with E-state index >= 15 is 0 Å². The fourth-order valence-electron chi connectivity index (χ4n) is 2.12. The number of rotatable bonds is 3. The second-order valence-corrected chi connectivity index (χ2v) is 7.31. The molecule has 0 spiro atoms. The van der Waals surface area contributed by atoms with Crippen molar-refractivity contribution in [1.82, 2.24) is 4.31 Å². The third kappa shape index (κ3) is 3.37. The summed E-state index contributed by atoms with van der Waals surface area (Å²) in [4.78, 5) is 0.326. The number of sulfonamides is 1. The third-order valence-corrected chi connectivity index (χ3v) is 6.10. The molecule has 1 heterocycles. The number of halogens is 1. The molecule has 6 heteroatoms. The first kappa shape index (κ1) is 15.0. The van der Waals surface area contributed by atoms with E-state index in [1.54, 1.807) is 18.2 Å². The van der Waals surface area contributed by atoms with Gasteiger partial charge in [0.15, 0.2) is 0 Å². The SMILES string of the molecule is CCC1CN(S(=O)(=O)c2ccccc2Br)CCCO1. The summed E-state index contributed by atoms with van der Waals surface area (Å²) in [5, 5.41) is 0. The summed E-state index contributed by atoms with van der Waals surface area (Å²) in [5.41, 5.74) is 0. The van der Waals surface area contributed by atoms with E-state index in [2.05, 4.69) is 15.9 Å². The maximum Gasteiger partial charge on any atom is 0.244 e. The van der Waals surface area contributed by atoms with Gasteiger partial charge in [-0.25, -0.2) is 8.42 Å². The van der Waals surface area contributed by atoms with Crippen LogP contribution in [0.5, 0.6) is 0 Å². The molecule has 1 aromatic rings. The minimum Gasteiger partial charge on any atom is -0.377 e. The van der Waals surface area contributed by atoms with Crippen molar-refractivity contribution < 1.29 is 13.2 Å². The fraction of sp³-hybridized carbons (Fsp3) is 0.538. The maximum absolute atomic E-state index is 12.7. The second kappa shape index (κ2) is 6.35. The molecule has 1 unspecified atom stereocenters. The van der Waals surface area contributed by atoms with Gasteiger partial charge in [-0.05, 0) is 40.9 Å². The average Bonchev–Trinajstić information content (AvgIpc) is 2.64. The van der Waals surface area contributed by atoms with Crippen LogP contribution < -0.4 is 0 Å². The first-order valence-electron chi connectivity index (χ1n) is 6.42. The van der Waals surface area contributed by atoms with Crippen molar-refractivity contribution >= 4 is 26.0 Å². The predicted octanol–water partition coefficient (Wildman–Crippen LogP) is 2.64. The summed E-state index contributed by atoms with van der Waals surface area (Å²) in [5.74, 6) is 0. The Bertz CT molecular complexity index is 532. The molecule has 0 aliphatic carbocycles. The van der Waals surface area contributed by atoms with Crippen molar-refractivity contribution in [3.63, 3.8) is 0 Å². The topological polar surface area (TPSA) is 46.6 Å². The van der Waals surface area contributed by atoms with Gasteiger partial charge in [0.1, 0.15) is 0 Å². The molecule has 19 heavy (non-hydrogen) atoms. The monoisotopic (exact) mass is 347 g/mol. The summed E-state index contributed by atoms with van der Waals surface area (Å²) in [6, 6.07) is 6.93. The standard InChI is InChI=1S/C13H18BrNO3S/c1-2-11-10-15(8-5-9-18-11)19(16,17)13-7-4-3-6-12(13)14/h3-4,6-7,11H,2,5,8-10H2,1H3. The Morgan fingerprint density at radius 1 is 1.42 bits per heavy atom. The molecule has 0 N–H and O–H groups in total. The first-order chi connectivity index (χ1) is 9.05. The smallest absolute Gasteiger partial charge is 0.244 e. The maximum atomic E-state index is 12.7. The van der Waals surface area contributed by atoms with Gasteiger partial charge in [-0.1, -0.05) is 19.1 Å². The highest BCUT2D eigenvalue weighted by atomic mass is 79.9. The highest BCUT2D eigenvalue weighted by molar-refractivity contribution is 9.10. The van der Waals surface area contributed by atoms with Crippen LogP contribution in [0.4, 0.5) is 0 Å². The minimum atomic E-state index is -3.45. The van der Waals surface area contributed by atoms with E-state index in [4.69, 9.17) is 4.74 Å². The van der Waals surface area contributed by atoms with Crippen LogP contribution in [0.2, 0.25) is 0 Å². The van der Waals surface area contributed by atoms with Crippen molar-refractivity contribution in [2.24, 2.45) is 0 Å². The van der Waals surface area contributed by atoms with Crippen molar-refractivity contribution in [2.75, 3.05) is 19.7 Å². The Hall–Kier alpha value is -0.430. The summed E-state index contributed by atoms with van der Waals surface area (Å²) in [6.45, 7) is 3.58. The van der Waals surface area contributed by atoms with Crippen molar-refractivity contribution in [1.29, 1.82) is 0 Å². The highest BCUT2D eigenvalue weighted by Crippen LogP contribution is 2.26. The second-order valence-electron chi connectivity index (χ2n) is 4.55. The van der Waals surface area contributed by atoms with Crippen molar-refractivity contribution in [3.8, 4) is 0 Å². The highest BCUT2D eigenvalue weighted by Gasteiger charge is 2.29. The number of ether oxygens (including phenoxy) is 1. The molecule has 1 aliphatic heterocycles. The van der Waals surface area contributed by atoms with E-state index in [-0.39, 0.29) is 6.10 Å². The Morgan fingerprint density at radius 2 is 2.16 bits per heavy atom. The summed E-state index contributed by atoms with van der Waals surface area (Å²) in [6.07, 6.45) is 1.54. The lowest BCUT2D eigenvalue weighted by Gasteiger charge is -2.23. The zero-order chi connectivity index (χ0) is 13.9. The lowest BCUT2D eigenvalue weighted by molar-refractivity contribution is 0.0593. The van der Waals surface area contributed by atoms with Crippen LogP contribution in [0.15, 0.2) is 33.6 Å². The molecule has 106 valence electrons. The molecule has 0 radical (unpaired) electrons. The molecule has 0 aromatic heterocycles. The molecular formula is C13H18BrNO3S. The quantitative estimate of drug-likeness (QED) is 0.844. The lowest BCUT2D eigenvalue weighted by atomic mass is 10.3. The molecule has 4 nitrogen and oxygen atoms in total. The molecule has 1 aliphatic rings. The fourth-order valence-corrected chi connectivity index (χ4v) is 4.59. The van der Waals surface area contributed by atoms with E-state index in [1.807, 2.05) is 13.0 Å². The van der Waals surface area contributed by atoms with Crippen LogP contribution in [-0.2, 0) is 14.8 Å². The third-order valence-electron chi connectivity index (χ3n) is 3.22. The summed E-state index contributed by atoms with van der Waals surface area (Å²) < 4.78 is 33.1. The van der Waals surface area contributed by atoms with E-state index in [0.29, 0.717) is 29.1 Å².